The van der Waals surface area contributed by atoms with Crippen molar-refractivity contribution in [2.75, 3.05) is 44.7 Å². The number of nitrogens with one attached hydrogen (secondary N) is 1. The maximum atomic E-state index is 4.17. The molecule has 3 rings (SSSR count). The second-order valence-corrected chi connectivity index (χ2v) is 5.20. The number of rotatable bonds is 1. The van der Waals surface area contributed by atoms with E-state index in [9.17, 15) is 0 Å². The molecule has 2 aliphatic heterocycles. The SMILES string of the molecule is [CH2-][NH+]1CCc2c(N3CCN(C)CC3)cccc21. The number of quaternary nitrogens is 1. The van der Waals surface area contributed by atoms with Gasteiger partial charge in [0.05, 0.1) is 6.54 Å². The maximum absolute atomic E-state index is 4.17. The molecule has 1 atom stereocenters. The lowest BCUT2D eigenvalue weighted by Crippen LogP contribution is -3.00. The molecule has 0 aromatic heterocycles. The second-order valence-electron chi connectivity index (χ2n) is 5.20. The summed E-state index contributed by atoms with van der Waals surface area (Å²) in [5, 5.41) is 0. The summed E-state index contributed by atoms with van der Waals surface area (Å²) in [4.78, 5) is 6.26. The molecule has 0 aliphatic carbocycles. The highest BCUT2D eigenvalue weighted by molar-refractivity contribution is 5.63. The summed E-state index contributed by atoms with van der Waals surface area (Å²) in [5.41, 5.74) is 4.39. The first-order chi connectivity index (χ1) is 8.25. The van der Waals surface area contributed by atoms with Gasteiger partial charge in [0.2, 0.25) is 0 Å². The van der Waals surface area contributed by atoms with Gasteiger partial charge < -0.3 is 14.7 Å². The van der Waals surface area contributed by atoms with Crippen molar-refractivity contribution >= 4 is 11.4 Å². The molecule has 0 saturated carbocycles. The van der Waals surface area contributed by atoms with Gasteiger partial charge in [0.1, 0.15) is 5.69 Å². The van der Waals surface area contributed by atoms with Crippen LogP contribution in [-0.2, 0) is 6.42 Å². The zero-order chi connectivity index (χ0) is 11.8. The number of hydrogen-bond donors (Lipinski definition) is 1. The minimum absolute atomic E-state index is 1.14. The molecule has 2 aliphatic rings. The van der Waals surface area contributed by atoms with E-state index in [1.807, 2.05) is 0 Å². The lowest BCUT2D eigenvalue weighted by Gasteiger charge is -2.35. The van der Waals surface area contributed by atoms with Crippen LogP contribution >= 0.6 is 0 Å². The predicted molar refractivity (Wildman–Crippen MR) is 70.7 cm³/mol. The maximum Gasteiger partial charge on any atom is 0.110 e. The fraction of sp³-hybridized carbons (Fsp3) is 0.500. The largest absolute Gasteiger partial charge is 0.434 e. The number of anilines is 1. The topological polar surface area (TPSA) is 10.9 Å². The van der Waals surface area contributed by atoms with Crippen molar-refractivity contribution in [1.29, 1.82) is 0 Å². The van der Waals surface area contributed by atoms with E-state index in [2.05, 4.69) is 42.1 Å². The first-order valence-corrected chi connectivity index (χ1v) is 6.49. The average Bonchev–Trinajstić information content (AvgIpc) is 2.73. The number of likely N-dealkylation sites (N-methyl/N-ethyl adjacent to an activating group) is 1. The smallest absolute Gasteiger partial charge is 0.110 e. The van der Waals surface area contributed by atoms with Crippen molar-refractivity contribution in [2.45, 2.75) is 6.42 Å². The Morgan fingerprint density at radius 1 is 1.18 bits per heavy atom. The Bertz CT molecular complexity index is 408. The highest BCUT2D eigenvalue weighted by Gasteiger charge is 2.24. The molecule has 0 radical (unpaired) electrons. The molecule has 1 fully saturated rings. The van der Waals surface area contributed by atoms with E-state index < -0.39 is 0 Å². The van der Waals surface area contributed by atoms with Gasteiger partial charge >= 0.3 is 0 Å². The van der Waals surface area contributed by atoms with Gasteiger partial charge in [-0.15, -0.1) is 7.05 Å². The van der Waals surface area contributed by atoms with Crippen LogP contribution in [0.4, 0.5) is 11.4 Å². The highest BCUT2D eigenvalue weighted by Crippen LogP contribution is 2.29. The van der Waals surface area contributed by atoms with E-state index in [1.54, 1.807) is 0 Å². The van der Waals surface area contributed by atoms with Crippen LogP contribution < -0.4 is 9.80 Å². The zero-order valence-corrected chi connectivity index (χ0v) is 10.6. The number of benzene rings is 1. The van der Waals surface area contributed by atoms with Crippen LogP contribution in [0.3, 0.4) is 0 Å². The standard InChI is InChI=1S/C14H21N3/c1-15-8-10-17(11-9-15)14-5-3-4-13-12(14)6-7-16(13)2/h3-5,16H,2,6-11H2,1H3. The van der Waals surface area contributed by atoms with Crippen molar-refractivity contribution in [3.63, 3.8) is 0 Å². The second kappa shape index (κ2) is 4.31. The molecular formula is C14H21N3. The van der Waals surface area contributed by atoms with Gasteiger partial charge in [0.25, 0.3) is 0 Å². The molecule has 92 valence electrons. The molecule has 1 unspecified atom stereocenters. The van der Waals surface area contributed by atoms with Crippen LogP contribution in [0, 0.1) is 7.05 Å². The fourth-order valence-corrected chi connectivity index (χ4v) is 2.92. The molecule has 3 heteroatoms. The van der Waals surface area contributed by atoms with Crippen molar-refractivity contribution in [3.8, 4) is 0 Å². The van der Waals surface area contributed by atoms with E-state index in [-0.39, 0.29) is 0 Å². The Balaban J connectivity index is 1.89. The molecule has 1 aromatic carbocycles. The minimum atomic E-state index is 1.14. The van der Waals surface area contributed by atoms with Crippen LogP contribution in [0.25, 0.3) is 0 Å². The van der Waals surface area contributed by atoms with Crippen LogP contribution in [0.1, 0.15) is 5.56 Å². The lowest BCUT2D eigenvalue weighted by molar-refractivity contribution is -0.775. The Hall–Kier alpha value is -1.06. The Morgan fingerprint density at radius 2 is 1.94 bits per heavy atom. The highest BCUT2D eigenvalue weighted by atomic mass is 15.3. The van der Waals surface area contributed by atoms with Crippen molar-refractivity contribution in [2.24, 2.45) is 0 Å². The number of nitrogens with zero attached hydrogens (tertiary/aromatic N) is 2. The summed E-state index contributed by atoms with van der Waals surface area (Å²) in [6.07, 6.45) is 1.18. The van der Waals surface area contributed by atoms with Gasteiger partial charge in [-0.2, -0.15) is 0 Å². The Labute approximate surface area is 104 Å². The third-order valence-electron chi connectivity index (χ3n) is 4.05. The van der Waals surface area contributed by atoms with Crippen LogP contribution in [0.5, 0.6) is 0 Å². The zero-order valence-electron chi connectivity index (χ0n) is 10.6. The third-order valence-corrected chi connectivity index (χ3v) is 4.05. The van der Waals surface area contributed by atoms with E-state index in [0.717, 1.165) is 19.6 Å². The molecule has 17 heavy (non-hydrogen) atoms. The van der Waals surface area contributed by atoms with Crippen molar-refractivity contribution in [3.05, 3.63) is 30.8 Å². The Morgan fingerprint density at radius 3 is 2.71 bits per heavy atom. The van der Waals surface area contributed by atoms with Crippen molar-refractivity contribution in [1.82, 2.24) is 4.90 Å². The van der Waals surface area contributed by atoms with Gasteiger partial charge in [-0.3, -0.25) is 0 Å². The molecule has 2 heterocycles. The van der Waals surface area contributed by atoms with Gasteiger partial charge in [-0.05, 0) is 19.2 Å². The van der Waals surface area contributed by atoms with Crippen LogP contribution in [-0.4, -0.2) is 44.7 Å². The summed E-state index contributed by atoms with van der Waals surface area (Å²) >= 11 is 0. The fourth-order valence-electron chi connectivity index (χ4n) is 2.92. The first-order valence-electron chi connectivity index (χ1n) is 6.49. The van der Waals surface area contributed by atoms with Crippen molar-refractivity contribution < 1.29 is 4.90 Å². The molecule has 0 bridgehead atoms. The normalized spacial score (nSPS) is 25.1. The predicted octanol–water partition coefficient (Wildman–Crippen LogP) is 0.302. The summed E-state index contributed by atoms with van der Waals surface area (Å²) in [7, 11) is 6.37. The summed E-state index contributed by atoms with van der Waals surface area (Å²) in [6.45, 7) is 5.79. The monoisotopic (exact) mass is 231 g/mol. The number of hydrogen-bond acceptors (Lipinski definition) is 2. The van der Waals surface area contributed by atoms with Crippen LogP contribution in [0.15, 0.2) is 18.2 Å². The average molecular weight is 231 g/mol. The Kier molecular flexibility index (Phi) is 2.81. The van der Waals surface area contributed by atoms with Gasteiger partial charge in [-0.25, -0.2) is 0 Å². The van der Waals surface area contributed by atoms with E-state index in [0.29, 0.717) is 0 Å². The van der Waals surface area contributed by atoms with E-state index in [4.69, 9.17) is 0 Å². The quantitative estimate of drug-likeness (QED) is 0.697. The van der Waals surface area contributed by atoms with Crippen LogP contribution in [0.2, 0.25) is 0 Å². The van der Waals surface area contributed by atoms with Gasteiger partial charge in [-0.1, -0.05) is 6.07 Å². The number of piperazine rings is 1. The molecule has 0 amide bonds. The third kappa shape index (κ3) is 1.94. The molecule has 3 nitrogen and oxygen atoms in total. The van der Waals surface area contributed by atoms with E-state index in [1.165, 1.54) is 41.3 Å². The molecule has 1 saturated heterocycles. The number of fused-ring (bicyclic) bond motifs is 1. The molecular weight excluding hydrogens is 210 g/mol. The van der Waals surface area contributed by atoms with E-state index >= 15 is 0 Å². The summed E-state index contributed by atoms with van der Waals surface area (Å²) in [6, 6.07) is 6.69. The molecule has 0 spiro atoms. The van der Waals surface area contributed by atoms with Gasteiger partial charge in [0.15, 0.2) is 0 Å². The summed E-state index contributed by atoms with van der Waals surface area (Å²) < 4.78 is 0. The minimum Gasteiger partial charge on any atom is -0.434 e. The summed E-state index contributed by atoms with van der Waals surface area (Å²) in [5.74, 6) is 0. The van der Waals surface area contributed by atoms with Gasteiger partial charge in [0, 0.05) is 43.9 Å². The lowest BCUT2D eigenvalue weighted by atomic mass is 10.1. The molecule has 1 N–H and O–H groups in total. The molecule has 1 aromatic rings. The first kappa shape index (κ1) is 11.1.